The number of carbonyl (C=O) groups excluding carboxylic acids is 1. The highest BCUT2D eigenvalue weighted by Crippen LogP contribution is 2.32. The summed E-state index contributed by atoms with van der Waals surface area (Å²) in [6.07, 6.45) is 0.839. The lowest BCUT2D eigenvalue weighted by atomic mass is 10.1. The monoisotopic (exact) mass is 570 g/mol. The molecular formula is C26H27ClN6O3S2. The number of benzene rings is 3. The van der Waals surface area contributed by atoms with E-state index in [1.807, 2.05) is 48.5 Å². The molecule has 38 heavy (non-hydrogen) atoms. The number of thioether (sulfide) groups is 1. The fraction of sp³-hybridized carbons (Fsp3) is 0.192. The molecule has 0 spiro atoms. The molecule has 9 nitrogen and oxygen atoms in total. The zero-order valence-corrected chi connectivity index (χ0v) is 23.0. The van der Waals surface area contributed by atoms with Gasteiger partial charge in [-0.15, -0.1) is 11.8 Å². The predicted octanol–water partition coefficient (Wildman–Crippen LogP) is 4.59. The number of urea groups is 1. The maximum Gasteiger partial charge on any atom is 0.339 e. The van der Waals surface area contributed by atoms with Crippen molar-refractivity contribution >= 4 is 56.8 Å². The number of para-hydroxylation sites is 1. The number of anilines is 1. The van der Waals surface area contributed by atoms with Crippen molar-refractivity contribution < 1.29 is 13.2 Å². The number of sulfonamides is 1. The summed E-state index contributed by atoms with van der Waals surface area (Å²) in [6.45, 7) is 2.94. The van der Waals surface area contributed by atoms with Crippen molar-refractivity contribution in [1.29, 1.82) is 0 Å². The van der Waals surface area contributed by atoms with Gasteiger partial charge in [-0.1, -0.05) is 60.1 Å². The largest absolute Gasteiger partial charge is 0.356 e. The van der Waals surface area contributed by atoms with Crippen molar-refractivity contribution in [3.63, 3.8) is 0 Å². The van der Waals surface area contributed by atoms with Gasteiger partial charge in [-0.05, 0) is 48.7 Å². The van der Waals surface area contributed by atoms with Gasteiger partial charge in [0.25, 0.3) is 10.0 Å². The zero-order chi connectivity index (χ0) is 27.0. The molecule has 3 aromatic carbocycles. The van der Waals surface area contributed by atoms with Crippen molar-refractivity contribution in [3.05, 3.63) is 88.9 Å². The lowest BCUT2D eigenvalue weighted by molar-refractivity contribution is 0.252. The van der Waals surface area contributed by atoms with E-state index in [1.54, 1.807) is 31.2 Å². The van der Waals surface area contributed by atoms with Gasteiger partial charge in [-0.3, -0.25) is 4.99 Å². The lowest BCUT2D eigenvalue weighted by Gasteiger charge is -2.18. The zero-order valence-electron chi connectivity index (χ0n) is 20.6. The van der Waals surface area contributed by atoms with Crippen LogP contribution in [0.2, 0.25) is 5.02 Å². The standard InChI is InChI=1S/C26H27ClN6O3S2/c1-18-15-24(38(35,36)33-25-28-13-8-14-29-25)23(16-21(18)27)37-17-22(19-9-4-2-5-10-19)31-32-26(34)30-20-11-6-3-7-12-20/h2-7,9-12,15-16H,8,13-14,17H2,1H3,(H2,28,29,33)(H2,30,32,34)/b31-22-. The summed E-state index contributed by atoms with van der Waals surface area (Å²) in [7, 11) is -3.95. The van der Waals surface area contributed by atoms with E-state index in [0.717, 1.165) is 12.0 Å². The number of hydrogen-bond acceptors (Lipinski definition) is 7. The number of nitrogens with zero attached hydrogens (tertiary/aromatic N) is 2. The Morgan fingerprint density at radius 2 is 1.82 bits per heavy atom. The van der Waals surface area contributed by atoms with Gasteiger partial charge in [0, 0.05) is 34.4 Å². The van der Waals surface area contributed by atoms with Crippen LogP contribution in [0, 0.1) is 6.92 Å². The maximum absolute atomic E-state index is 13.3. The molecule has 1 heterocycles. The van der Waals surface area contributed by atoms with Crippen molar-refractivity contribution in [3.8, 4) is 0 Å². The van der Waals surface area contributed by atoms with Crippen LogP contribution in [0.3, 0.4) is 0 Å². The molecule has 1 aliphatic heterocycles. The quantitative estimate of drug-likeness (QED) is 0.179. The number of rotatable bonds is 8. The molecule has 4 N–H and O–H groups in total. The summed E-state index contributed by atoms with van der Waals surface area (Å²) in [5.41, 5.74) is 5.11. The molecule has 0 fully saturated rings. The minimum Gasteiger partial charge on any atom is -0.356 e. The van der Waals surface area contributed by atoms with E-state index in [0.29, 0.717) is 40.0 Å². The number of carbonyl (C=O) groups is 1. The number of halogens is 1. The number of amides is 2. The predicted molar refractivity (Wildman–Crippen MR) is 154 cm³/mol. The molecule has 0 atom stereocenters. The average Bonchev–Trinajstić information content (AvgIpc) is 2.91. The van der Waals surface area contributed by atoms with E-state index >= 15 is 0 Å². The van der Waals surface area contributed by atoms with Crippen LogP contribution in [0.15, 0.2) is 92.7 Å². The number of aliphatic imine (C=N–C) groups is 1. The smallest absolute Gasteiger partial charge is 0.339 e. The Bertz CT molecular complexity index is 1450. The van der Waals surface area contributed by atoms with E-state index in [9.17, 15) is 13.2 Å². The molecule has 0 radical (unpaired) electrons. The molecule has 0 saturated heterocycles. The number of guanidine groups is 1. The Morgan fingerprint density at radius 1 is 1.11 bits per heavy atom. The Morgan fingerprint density at radius 3 is 2.50 bits per heavy atom. The first-order valence-electron chi connectivity index (χ1n) is 11.8. The van der Waals surface area contributed by atoms with Crippen molar-refractivity contribution in [2.24, 2.45) is 10.1 Å². The van der Waals surface area contributed by atoms with Crippen molar-refractivity contribution in [2.45, 2.75) is 23.1 Å². The van der Waals surface area contributed by atoms with Gasteiger partial charge >= 0.3 is 6.03 Å². The van der Waals surface area contributed by atoms with Gasteiger partial charge in [0.05, 0.1) is 5.71 Å². The van der Waals surface area contributed by atoms with Gasteiger partial charge in [-0.25, -0.2) is 23.4 Å². The minimum absolute atomic E-state index is 0.0849. The first-order valence-corrected chi connectivity index (χ1v) is 14.6. The first-order chi connectivity index (χ1) is 18.3. The fourth-order valence-electron chi connectivity index (χ4n) is 3.50. The van der Waals surface area contributed by atoms with E-state index in [-0.39, 0.29) is 16.6 Å². The SMILES string of the molecule is Cc1cc(S(=O)(=O)NC2=NCCCN2)c(SC/C(=N/NC(=O)Nc2ccccc2)c2ccccc2)cc1Cl. The molecule has 0 aliphatic carbocycles. The third kappa shape index (κ3) is 7.50. The summed E-state index contributed by atoms with van der Waals surface area (Å²) in [4.78, 5) is 17.2. The van der Waals surface area contributed by atoms with Gasteiger partial charge in [0.2, 0.25) is 5.96 Å². The van der Waals surface area contributed by atoms with Gasteiger partial charge in [0.15, 0.2) is 0 Å². The van der Waals surface area contributed by atoms with Crippen LogP contribution < -0.4 is 20.8 Å². The maximum atomic E-state index is 13.3. The Hall–Kier alpha value is -3.54. The summed E-state index contributed by atoms with van der Waals surface area (Å²) >= 11 is 7.63. The van der Waals surface area contributed by atoms with E-state index in [4.69, 9.17) is 11.6 Å². The number of nitrogens with one attached hydrogen (secondary N) is 4. The van der Waals surface area contributed by atoms with E-state index in [2.05, 4.69) is 30.9 Å². The highest BCUT2D eigenvalue weighted by atomic mass is 35.5. The van der Waals surface area contributed by atoms with Gasteiger partial charge in [-0.2, -0.15) is 5.10 Å². The summed E-state index contributed by atoms with van der Waals surface area (Å²) in [5.74, 6) is 0.483. The summed E-state index contributed by atoms with van der Waals surface area (Å²) in [5, 5.41) is 10.5. The summed E-state index contributed by atoms with van der Waals surface area (Å²) in [6, 6.07) is 21.0. The second-order valence-corrected chi connectivity index (χ2v) is 11.4. The van der Waals surface area contributed by atoms with Crippen LogP contribution in [0.25, 0.3) is 0 Å². The normalized spacial score (nSPS) is 13.7. The van der Waals surface area contributed by atoms with Crippen molar-refractivity contribution in [1.82, 2.24) is 15.5 Å². The van der Waals surface area contributed by atoms with Crippen LogP contribution >= 0.6 is 23.4 Å². The van der Waals surface area contributed by atoms with Crippen LogP contribution in [-0.2, 0) is 10.0 Å². The third-order valence-electron chi connectivity index (χ3n) is 5.44. The summed E-state index contributed by atoms with van der Waals surface area (Å²) < 4.78 is 29.1. The van der Waals surface area contributed by atoms with Crippen LogP contribution in [-0.4, -0.2) is 45.0 Å². The lowest BCUT2D eigenvalue weighted by Crippen LogP contribution is -2.43. The van der Waals surface area contributed by atoms with Gasteiger partial charge in [0.1, 0.15) is 4.90 Å². The molecule has 1 aliphatic rings. The number of hydrazone groups is 1. The molecular weight excluding hydrogens is 544 g/mol. The third-order valence-corrected chi connectivity index (χ3v) is 8.42. The highest BCUT2D eigenvalue weighted by Gasteiger charge is 2.23. The van der Waals surface area contributed by atoms with E-state index in [1.165, 1.54) is 11.8 Å². The topological polar surface area (TPSA) is 124 Å². The average molecular weight is 571 g/mol. The molecule has 0 unspecified atom stereocenters. The molecule has 0 saturated carbocycles. The Balaban J connectivity index is 1.57. The second-order valence-electron chi connectivity index (χ2n) is 8.31. The molecule has 2 amide bonds. The first kappa shape index (κ1) is 27.5. The number of aryl methyl sites for hydroxylation is 1. The van der Waals surface area contributed by atoms with E-state index < -0.39 is 16.1 Å². The second kappa shape index (κ2) is 12.8. The molecule has 4 rings (SSSR count). The molecule has 0 bridgehead atoms. The van der Waals surface area contributed by atoms with Gasteiger partial charge < -0.3 is 10.6 Å². The molecule has 12 heteroatoms. The Labute approximate surface area is 231 Å². The van der Waals surface area contributed by atoms with Crippen molar-refractivity contribution in [2.75, 3.05) is 24.2 Å². The molecule has 3 aromatic rings. The molecule has 0 aromatic heterocycles. The highest BCUT2D eigenvalue weighted by molar-refractivity contribution is 8.00. The fourth-order valence-corrected chi connectivity index (χ4v) is 6.32. The molecule has 198 valence electrons. The van der Waals surface area contributed by atoms with Crippen LogP contribution in [0.4, 0.5) is 10.5 Å². The Kier molecular flexibility index (Phi) is 9.27. The number of hydrogen-bond donors (Lipinski definition) is 4. The minimum atomic E-state index is -3.95. The van der Waals surface area contributed by atoms with Crippen LogP contribution in [0.5, 0.6) is 0 Å². The van der Waals surface area contributed by atoms with Crippen LogP contribution in [0.1, 0.15) is 17.5 Å².